The molecule has 1 unspecified atom stereocenters. The van der Waals surface area contributed by atoms with Crippen molar-refractivity contribution in [3.8, 4) is 11.5 Å². The number of para-hydroxylation sites is 1. The predicted molar refractivity (Wildman–Crippen MR) is 84.7 cm³/mol. The van der Waals surface area contributed by atoms with Crippen LogP contribution in [0.4, 0.5) is 0 Å². The number of nitrogens with zero attached hydrogens (tertiary/aromatic N) is 1. The molecular weight excluding hydrogens is 262 g/mol. The second kappa shape index (κ2) is 7.23. The minimum Gasteiger partial charge on any atom is -0.455 e. The van der Waals surface area contributed by atoms with Gasteiger partial charge in [0.2, 0.25) is 0 Å². The molecule has 21 heavy (non-hydrogen) atoms. The van der Waals surface area contributed by atoms with Crippen molar-refractivity contribution in [1.29, 1.82) is 0 Å². The molecule has 0 radical (unpaired) electrons. The number of hydrogen-bond donors (Lipinski definition) is 1. The Balaban J connectivity index is 2.19. The average Bonchev–Trinajstić information content (AvgIpc) is 2.54. The molecule has 112 valence electrons. The van der Waals surface area contributed by atoms with Crippen LogP contribution in [0, 0.1) is 0 Å². The maximum atomic E-state index is 9.76. The van der Waals surface area contributed by atoms with Crippen LogP contribution in [0.1, 0.15) is 56.9 Å². The molecule has 0 spiro atoms. The Bertz CT molecular complexity index is 566. The Morgan fingerprint density at radius 3 is 2.48 bits per heavy atom. The van der Waals surface area contributed by atoms with Gasteiger partial charge in [-0.25, -0.2) is 0 Å². The molecule has 0 aliphatic rings. The SMILES string of the molecule is CCC(C)c1ccccc1Oc1ccc([C@@H](O)CC)nc1. The van der Waals surface area contributed by atoms with Crippen molar-refractivity contribution in [2.75, 3.05) is 0 Å². The third-order valence-corrected chi connectivity index (χ3v) is 3.78. The quantitative estimate of drug-likeness (QED) is 0.826. The summed E-state index contributed by atoms with van der Waals surface area (Å²) >= 11 is 0. The summed E-state index contributed by atoms with van der Waals surface area (Å²) in [6, 6.07) is 11.8. The molecule has 0 saturated carbocycles. The van der Waals surface area contributed by atoms with E-state index in [9.17, 15) is 5.11 Å². The van der Waals surface area contributed by atoms with E-state index in [1.807, 2.05) is 37.3 Å². The molecule has 3 nitrogen and oxygen atoms in total. The fourth-order valence-corrected chi connectivity index (χ4v) is 2.19. The third kappa shape index (κ3) is 3.82. The van der Waals surface area contributed by atoms with Crippen LogP contribution >= 0.6 is 0 Å². The van der Waals surface area contributed by atoms with Gasteiger partial charge in [-0.3, -0.25) is 4.98 Å². The van der Waals surface area contributed by atoms with E-state index in [0.29, 0.717) is 23.8 Å². The molecule has 0 saturated heterocycles. The average molecular weight is 285 g/mol. The molecule has 2 rings (SSSR count). The number of benzene rings is 1. The largest absolute Gasteiger partial charge is 0.455 e. The molecule has 1 aromatic heterocycles. The molecule has 1 heterocycles. The van der Waals surface area contributed by atoms with Crippen LogP contribution in [-0.4, -0.2) is 10.1 Å². The summed E-state index contributed by atoms with van der Waals surface area (Å²) in [5.74, 6) is 2.02. The highest BCUT2D eigenvalue weighted by Crippen LogP contribution is 2.32. The molecule has 0 amide bonds. The summed E-state index contributed by atoms with van der Waals surface area (Å²) in [6.45, 7) is 6.30. The zero-order valence-corrected chi connectivity index (χ0v) is 12.9. The molecule has 3 heteroatoms. The highest BCUT2D eigenvalue weighted by Gasteiger charge is 2.11. The number of aliphatic hydroxyl groups is 1. The molecule has 2 atom stereocenters. The molecule has 0 fully saturated rings. The van der Waals surface area contributed by atoms with Crippen LogP contribution in [0.3, 0.4) is 0 Å². The van der Waals surface area contributed by atoms with Gasteiger partial charge in [0.25, 0.3) is 0 Å². The van der Waals surface area contributed by atoms with Gasteiger partial charge in [0.15, 0.2) is 0 Å². The van der Waals surface area contributed by atoms with Crippen molar-refractivity contribution in [3.63, 3.8) is 0 Å². The van der Waals surface area contributed by atoms with E-state index in [0.717, 1.165) is 12.2 Å². The lowest BCUT2D eigenvalue weighted by atomic mass is 9.98. The van der Waals surface area contributed by atoms with Gasteiger partial charge < -0.3 is 9.84 Å². The van der Waals surface area contributed by atoms with E-state index in [1.165, 1.54) is 5.56 Å². The van der Waals surface area contributed by atoms with Crippen molar-refractivity contribution in [2.24, 2.45) is 0 Å². The van der Waals surface area contributed by atoms with Gasteiger partial charge in [-0.15, -0.1) is 0 Å². The molecule has 1 N–H and O–H groups in total. The van der Waals surface area contributed by atoms with Gasteiger partial charge >= 0.3 is 0 Å². The number of ether oxygens (including phenoxy) is 1. The van der Waals surface area contributed by atoms with E-state index in [4.69, 9.17) is 4.74 Å². The van der Waals surface area contributed by atoms with E-state index >= 15 is 0 Å². The second-order valence-electron chi connectivity index (χ2n) is 5.29. The van der Waals surface area contributed by atoms with Gasteiger partial charge in [0, 0.05) is 0 Å². The van der Waals surface area contributed by atoms with Crippen molar-refractivity contribution >= 4 is 0 Å². The fourth-order valence-electron chi connectivity index (χ4n) is 2.19. The van der Waals surface area contributed by atoms with Gasteiger partial charge in [0.05, 0.1) is 18.0 Å². The molecular formula is C18H23NO2. The first-order valence-electron chi connectivity index (χ1n) is 7.56. The summed E-state index contributed by atoms with van der Waals surface area (Å²) < 4.78 is 5.96. The highest BCUT2D eigenvalue weighted by molar-refractivity contribution is 5.39. The maximum Gasteiger partial charge on any atom is 0.145 e. The first kappa shape index (κ1) is 15.5. The smallest absolute Gasteiger partial charge is 0.145 e. The highest BCUT2D eigenvalue weighted by atomic mass is 16.5. The lowest BCUT2D eigenvalue weighted by Gasteiger charge is -2.15. The Kier molecular flexibility index (Phi) is 5.34. The topological polar surface area (TPSA) is 42.4 Å². The lowest BCUT2D eigenvalue weighted by Crippen LogP contribution is -1.99. The molecule has 0 aliphatic heterocycles. The van der Waals surface area contributed by atoms with E-state index < -0.39 is 6.10 Å². The van der Waals surface area contributed by atoms with E-state index in [1.54, 1.807) is 6.20 Å². The third-order valence-electron chi connectivity index (χ3n) is 3.78. The Morgan fingerprint density at radius 1 is 1.10 bits per heavy atom. The minimum absolute atomic E-state index is 0.454. The number of aliphatic hydroxyl groups excluding tert-OH is 1. The molecule has 0 aliphatic carbocycles. The second-order valence-corrected chi connectivity index (χ2v) is 5.29. The summed E-state index contributed by atoms with van der Waals surface area (Å²) in [7, 11) is 0. The predicted octanol–water partition coefficient (Wildman–Crippen LogP) is 4.83. The Morgan fingerprint density at radius 2 is 1.86 bits per heavy atom. The summed E-state index contributed by atoms with van der Waals surface area (Å²) in [5.41, 5.74) is 1.89. The van der Waals surface area contributed by atoms with Gasteiger partial charge in [0.1, 0.15) is 11.5 Å². The molecule has 0 bridgehead atoms. The maximum absolute atomic E-state index is 9.76. The minimum atomic E-state index is -0.508. The van der Waals surface area contributed by atoms with Crippen molar-refractivity contribution in [3.05, 3.63) is 53.9 Å². The summed E-state index contributed by atoms with van der Waals surface area (Å²) in [5, 5.41) is 9.76. The fraction of sp³-hybridized carbons (Fsp3) is 0.389. The summed E-state index contributed by atoms with van der Waals surface area (Å²) in [4.78, 5) is 4.27. The number of aromatic nitrogens is 1. The zero-order valence-electron chi connectivity index (χ0n) is 12.9. The van der Waals surface area contributed by atoms with Crippen molar-refractivity contribution < 1.29 is 9.84 Å². The number of pyridine rings is 1. The van der Waals surface area contributed by atoms with Crippen LogP contribution in [-0.2, 0) is 0 Å². The van der Waals surface area contributed by atoms with E-state index in [2.05, 4.69) is 24.9 Å². The van der Waals surface area contributed by atoms with Crippen molar-refractivity contribution in [2.45, 2.75) is 45.6 Å². The molecule has 1 aromatic carbocycles. The van der Waals surface area contributed by atoms with Gasteiger partial charge in [-0.05, 0) is 42.5 Å². The van der Waals surface area contributed by atoms with Crippen molar-refractivity contribution in [1.82, 2.24) is 4.98 Å². The Hall–Kier alpha value is -1.87. The number of rotatable bonds is 6. The standard InChI is InChI=1S/C18H23NO2/c1-4-13(3)15-8-6-7-9-18(15)21-14-10-11-16(19-12-14)17(20)5-2/h6-13,17,20H,4-5H2,1-3H3/t13?,17-/m0/s1. The van der Waals surface area contributed by atoms with Crippen LogP contribution in [0.2, 0.25) is 0 Å². The van der Waals surface area contributed by atoms with E-state index in [-0.39, 0.29) is 0 Å². The lowest BCUT2D eigenvalue weighted by molar-refractivity contribution is 0.169. The van der Waals surface area contributed by atoms with Crippen LogP contribution in [0.15, 0.2) is 42.6 Å². The number of hydrogen-bond acceptors (Lipinski definition) is 3. The molecule has 2 aromatic rings. The van der Waals surface area contributed by atoms with Gasteiger partial charge in [-0.2, -0.15) is 0 Å². The summed E-state index contributed by atoms with van der Waals surface area (Å²) in [6.07, 6.45) is 2.89. The monoisotopic (exact) mass is 285 g/mol. The van der Waals surface area contributed by atoms with Gasteiger partial charge in [-0.1, -0.05) is 39.0 Å². The van der Waals surface area contributed by atoms with Crippen LogP contribution in [0.25, 0.3) is 0 Å². The van der Waals surface area contributed by atoms with Crippen LogP contribution < -0.4 is 4.74 Å². The Labute approximate surface area is 126 Å². The normalized spacial score (nSPS) is 13.7. The first-order valence-corrected chi connectivity index (χ1v) is 7.56. The first-order chi connectivity index (χ1) is 10.2. The van der Waals surface area contributed by atoms with Crippen LogP contribution in [0.5, 0.6) is 11.5 Å². The zero-order chi connectivity index (χ0) is 15.2.